The monoisotopic (exact) mass is 605 g/mol. The number of aromatic nitrogens is 1. The summed E-state index contributed by atoms with van der Waals surface area (Å²) in [6.45, 7) is 1.54. The summed E-state index contributed by atoms with van der Waals surface area (Å²) >= 11 is 0. The number of hydrogen-bond acceptors (Lipinski definition) is 3. The molecule has 0 aliphatic carbocycles. The second-order valence-electron chi connectivity index (χ2n) is 10.7. The summed E-state index contributed by atoms with van der Waals surface area (Å²) in [4.78, 5) is 30.6. The molecule has 0 atom stereocenters. The predicted octanol–water partition coefficient (Wildman–Crippen LogP) is 6.58. The molecule has 0 N–H and O–H groups in total. The van der Waals surface area contributed by atoms with Crippen LogP contribution in [0.1, 0.15) is 40.8 Å². The third kappa shape index (κ3) is 9.84. The van der Waals surface area contributed by atoms with Crippen molar-refractivity contribution in [3.63, 3.8) is 0 Å². The Bertz CT molecular complexity index is 1470. The number of benzene rings is 3. The first kappa shape index (κ1) is 32.5. The van der Waals surface area contributed by atoms with Gasteiger partial charge in [0.05, 0.1) is 12.1 Å². The Morgan fingerprint density at radius 2 is 1.45 bits per heavy atom. The predicted molar refractivity (Wildman–Crippen MR) is 164 cm³/mol. The van der Waals surface area contributed by atoms with Crippen molar-refractivity contribution >= 4 is 11.8 Å². The molecule has 2 amide bonds. The third-order valence-corrected chi connectivity index (χ3v) is 7.38. The highest BCUT2D eigenvalue weighted by Crippen LogP contribution is 2.29. The minimum Gasteiger partial charge on any atom is -0.385 e. The van der Waals surface area contributed by atoms with Gasteiger partial charge in [0.1, 0.15) is 6.54 Å². The fourth-order valence-corrected chi connectivity index (χ4v) is 5.03. The fourth-order valence-electron chi connectivity index (χ4n) is 5.03. The summed E-state index contributed by atoms with van der Waals surface area (Å²) in [6, 6.07) is 28.3. The van der Waals surface area contributed by atoms with Crippen LogP contribution in [0, 0.1) is 0 Å². The van der Waals surface area contributed by atoms with E-state index in [1.165, 1.54) is 6.07 Å². The van der Waals surface area contributed by atoms with Crippen LogP contribution in [0.5, 0.6) is 0 Å². The number of carbonyl (C=O) groups excluding carboxylic acids is 2. The summed E-state index contributed by atoms with van der Waals surface area (Å²) < 4.78 is 46.9. The minimum absolute atomic E-state index is 0.0934. The zero-order valence-electron chi connectivity index (χ0n) is 24.9. The molecular formula is C35H38F3N3O3. The molecule has 3 aromatic carbocycles. The van der Waals surface area contributed by atoms with E-state index in [-0.39, 0.29) is 37.9 Å². The number of hydrogen-bond donors (Lipinski definition) is 0. The molecule has 0 saturated heterocycles. The second kappa shape index (κ2) is 15.9. The highest BCUT2D eigenvalue weighted by molar-refractivity contribution is 5.85. The smallest absolute Gasteiger partial charge is 0.385 e. The Kier molecular flexibility index (Phi) is 11.8. The van der Waals surface area contributed by atoms with Crippen molar-refractivity contribution in [2.45, 2.75) is 45.1 Å². The van der Waals surface area contributed by atoms with Crippen LogP contribution in [0.4, 0.5) is 13.2 Å². The van der Waals surface area contributed by atoms with Crippen molar-refractivity contribution in [2.24, 2.45) is 0 Å². The number of rotatable bonds is 15. The van der Waals surface area contributed by atoms with Gasteiger partial charge in [-0.2, -0.15) is 13.2 Å². The van der Waals surface area contributed by atoms with E-state index in [4.69, 9.17) is 4.74 Å². The lowest BCUT2D eigenvalue weighted by Gasteiger charge is -2.28. The molecule has 44 heavy (non-hydrogen) atoms. The average Bonchev–Trinajstić information content (AvgIpc) is 3.46. The number of alkyl halides is 3. The van der Waals surface area contributed by atoms with Gasteiger partial charge in [-0.15, -0.1) is 0 Å². The molecular weight excluding hydrogens is 567 g/mol. The van der Waals surface area contributed by atoms with Crippen LogP contribution in [-0.2, 0) is 46.6 Å². The first-order valence-corrected chi connectivity index (χ1v) is 14.7. The van der Waals surface area contributed by atoms with E-state index < -0.39 is 11.7 Å². The maximum absolute atomic E-state index is 13.8. The lowest BCUT2D eigenvalue weighted by molar-refractivity contribution is -0.141. The summed E-state index contributed by atoms with van der Waals surface area (Å²) in [7, 11) is 1.60. The maximum Gasteiger partial charge on any atom is 0.416 e. The van der Waals surface area contributed by atoms with Gasteiger partial charge < -0.3 is 19.1 Å². The molecule has 0 spiro atoms. The molecule has 0 unspecified atom stereocenters. The van der Waals surface area contributed by atoms with E-state index in [0.29, 0.717) is 38.1 Å². The maximum atomic E-state index is 13.8. The molecule has 0 saturated carbocycles. The van der Waals surface area contributed by atoms with Gasteiger partial charge in [-0.25, -0.2) is 0 Å². The number of carbonyl (C=O) groups is 2. The van der Waals surface area contributed by atoms with Crippen molar-refractivity contribution < 1.29 is 27.5 Å². The van der Waals surface area contributed by atoms with Crippen LogP contribution in [0.2, 0.25) is 0 Å². The van der Waals surface area contributed by atoms with Gasteiger partial charge in [0.2, 0.25) is 11.8 Å². The molecule has 9 heteroatoms. The molecule has 4 rings (SSSR count). The fraction of sp³-hybridized carbons (Fsp3) is 0.314. The normalized spacial score (nSPS) is 11.4. The van der Waals surface area contributed by atoms with Crippen LogP contribution >= 0.6 is 0 Å². The topological polar surface area (TPSA) is 54.8 Å². The van der Waals surface area contributed by atoms with Crippen molar-refractivity contribution in [1.29, 1.82) is 0 Å². The van der Waals surface area contributed by atoms with Gasteiger partial charge in [0.15, 0.2) is 0 Å². The molecule has 1 aromatic heterocycles. The molecule has 0 radical (unpaired) electrons. The summed E-state index contributed by atoms with van der Waals surface area (Å²) in [6.07, 6.45) is -1.20. The number of amides is 2. The highest BCUT2D eigenvalue weighted by atomic mass is 19.4. The lowest BCUT2D eigenvalue weighted by Crippen LogP contribution is -2.43. The summed E-state index contributed by atoms with van der Waals surface area (Å²) in [5, 5.41) is 0. The van der Waals surface area contributed by atoms with E-state index in [2.05, 4.69) is 0 Å². The van der Waals surface area contributed by atoms with Gasteiger partial charge >= 0.3 is 6.18 Å². The Labute approximate surface area is 256 Å². The number of methoxy groups -OCH3 is 1. The van der Waals surface area contributed by atoms with Crippen LogP contribution in [0.3, 0.4) is 0 Å². The van der Waals surface area contributed by atoms with Crippen LogP contribution < -0.4 is 0 Å². The zero-order chi connectivity index (χ0) is 31.4. The molecule has 232 valence electrons. The van der Waals surface area contributed by atoms with Crippen molar-refractivity contribution in [3.05, 3.63) is 131 Å². The molecule has 0 aliphatic rings. The molecule has 0 fully saturated rings. The standard InChI is InChI=1S/C35H38F3N3O3/c1-44-22-10-21-40(26-32-17-9-20-39(32)25-30-15-8-16-31(23-30)35(36,37)38)34(43)27-41(24-29-13-6-3-7-14-29)33(42)19-18-28-11-4-2-5-12-28/h2-9,11-17,20,23H,10,18-19,21-22,24-27H2,1H3. The minimum atomic E-state index is -4.43. The number of halogens is 3. The Morgan fingerprint density at radius 3 is 2.14 bits per heavy atom. The molecule has 6 nitrogen and oxygen atoms in total. The lowest BCUT2D eigenvalue weighted by atomic mass is 10.1. The van der Waals surface area contributed by atoms with E-state index in [1.807, 2.05) is 77.4 Å². The van der Waals surface area contributed by atoms with E-state index in [0.717, 1.165) is 29.0 Å². The van der Waals surface area contributed by atoms with E-state index in [9.17, 15) is 22.8 Å². The number of aryl methyl sites for hydroxylation is 1. The molecule has 0 bridgehead atoms. The van der Waals surface area contributed by atoms with E-state index >= 15 is 0 Å². The number of nitrogens with zero attached hydrogens (tertiary/aromatic N) is 3. The van der Waals surface area contributed by atoms with Gasteiger partial charge in [-0.3, -0.25) is 9.59 Å². The van der Waals surface area contributed by atoms with Crippen LogP contribution in [0.15, 0.2) is 103 Å². The Hall–Kier alpha value is -4.37. The Balaban J connectivity index is 1.50. The third-order valence-electron chi connectivity index (χ3n) is 7.38. The number of ether oxygens (including phenoxy) is 1. The SMILES string of the molecule is COCCCN(Cc1cccn1Cc1cccc(C(F)(F)F)c1)C(=O)CN(Cc1ccccc1)C(=O)CCc1ccccc1. The van der Waals surface area contributed by atoms with Crippen molar-refractivity contribution in [2.75, 3.05) is 26.8 Å². The van der Waals surface area contributed by atoms with Gasteiger partial charge in [0, 0.05) is 51.7 Å². The molecule has 4 aromatic rings. The van der Waals surface area contributed by atoms with Crippen LogP contribution in [-0.4, -0.2) is 53.0 Å². The molecule has 1 heterocycles. The van der Waals surface area contributed by atoms with Gasteiger partial charge in [-0.1, -0.05) is 72.8 Å². The van der Waals surface area contributed by atoms with Crippen LogP contribution in [0.25, 0.3) is 0 Å². The second-order valence-corrected chi connectivity index (χ2v) is 10.7. The van der Waals surface area contributed by atoms with Gasteiger partial charge in [0.25, 0.3) is 0 Å². The van der Waals surface area contributed by atoms with Crippen molar-refractivity contribution in [1.82, 2.24) is 14.4 Å². The average molecular weight is 606 g/mol. The van der Waals surface area contributed by atoms with E-state index in [1.54, 1.807) is 29.2 Å². The largest absolute Gasteiger partial charge is 0.416 e. The molecule has 0 aliphatic heterocycles. The highest BCUT2D eigenvalue weighted by Gasteiger charge is 2.30. The summed E-state index contributed by atoms with van der Waals surface area (Å²) in [5.74, 6) is -0.326. The first-order valence-electron chi connectivity index (χ1n) is 14.7. The van der Waals surface area contributed by atoms with Crippen molar-refractivity contribution in [3.8, 4) is 0 Å². The van der Waals surface area contributed by atoms with Gasteiger partial charge in [-0.05, 0) is 53.8 Å². The Morgan fingerprint density at radius 1 is 0.773 bits per heavy atom. The quantitative estimate of drug-likeness (QED) is 0.144. The zero-order valence-corrected chi connectivity index (χ0v) is 24.9. The first-order chi connectivity index (χ1) is 21.2. The summed E-state index contributed by atoms with van der Waals surface area (Å²) in [5.41, 5.74) is 2.56.